The Bertz CT molecular complexity index is 726. The van der Waals surface area contributed by atoms with Gasteiger partial charge < -0.3 is 9.97 Å². The van der Waals surface area contributed by atoms with Gasteiger partial charge in [-0.15, -0.1) is 0 Å². The number of thiazole rings is 1. The van der Waals surface area contributed by atoms with Crippen molar-refractivity contribution >= 4 is 52.0 Å². The standard InChI is InChI=1S/C15H19B2N2O2S/c1-9(20)18-13-19-11-7-6-10(8-12(11)22-13)17-16-14(2,3)15(4,5)21-17/h6-8H,1-5H3,(H,18,19,20). The molecule has 0 aliphatic carbocycles. The van der Waals surface area contributed by atoms with Crippen molar-refractivity contribution in [3.05, 3.63) is 18.2 Å². The molecule has 1 aromatic carbocycles. The topological polar surface area (TPSA) is 51.2 Å². The average molecular weight is 313 g/mol. The van der Waals surface area contributed by atoms with Crippen LogP contribution in [0.3, 0.4) is 0 Å². The van der Waals surface area contributed by atoms with Gasteiger partial charge in [0.05, 0.1) is 10.2 Å². The number of nitrogens with zero attached hydrogens (tertiary/aromatic N) is 1. The van der Waals surface area contributed by atoms with Gasteiger partial charge in [0.1, 0.15) is 7.17 Å². The van der Waals surface area contributed by atoms with Crippen LogP contribution >= 0.6 is 11.3 Å². The van der Waals surface area contributed by atoms with E-state index >= 15 is 0 Å². The van der Waals surface area contributed by atoms with Crippen molar-refractivity contribution in [1.82, 2.24) is 4.98 Å². The Balaban J connectivity index is 1.91. The fourth-order valence-electron chi connectivity index (χ4n) is 2.57. The predicted molar refractivity (Wildman–Crippen MR) is 94.3 cm³/mol. The molecule has 1 amide bonds. The summed E-state index contributed by atoms with van der Waals surface area (Å²) >= 11 is 1.49. The summed E-state index contributed by atoms with van der Waals surface area (Å²) in [5.41, 5.74) is 1.83. The maximum absolute atomic E-state index is 11.1. The number of rotatable bonds is 2. The zero-order valence-electron chi connectivity index (χ0n) is 13.6. The lowest BCUT2D eigenvalue weighted by Crippen LogP contribution is -2.36. The third kappa shape index (κ3) is 2.68. The molecular formula is C15H19B2N2O2S. The third-order valence-electron chi connectivity index (χ3n) is 4.57. The number of hydrogen-bond acceptors (Lipinski definition) is 4. The molecule has 0 saturated carbocycles. The van der Waals surface area contributed by atoms with E-state index in [1.54, 1.807) is 0 Å². The molecule has 1 aromatic heterocycles. The number of amides is 1. The smallest absolute Gasteiger partial charge is 0.280 e. The summed E-state index contributed by atoms with van der Waals surface area (Å²) in [6.07, 6.45) is 0. The number of fused-ring (bicyclic) bond motifs is 1. The largest absolute Gasteiger partial charge is 0.435 e. The van der Waals surface area contributed by atoms with Crippen LogP contribution in [0.4, 0.5) is 5.13 Å². The van der Waals surface area contributed by atoms with Gasteiger partial charge in [-0.05, 0) is 31.3 Å². The normalized spacial score (nSPS) is 19.2. The number of carbonyl (C=O) groups is 1. The van der Waals surface area contributed by atoms with Crippen molar-refractivity contribution in [1.29, 1.82) is 0 Å². The van der Waals surface area contributed by atoms with Crippen LogP contribution in [0.25, 0.3) is 10.2 Å². The van der Waals surface area contributed by atoms with Gasteiger partial charge in [-0.25, -0.2) is 4.98 Å². The molecule has 0 atom stereocenters. The Morgan fingerprint density at radius 2 is 2.09 bits per heavy atom. The van der Waals surface area contributed by atoms with Crippen molar-refractivity contribution in [2.75, 3.05) is 5.32 Å². The zero-order chi connectivity index (χ0) is 16.1. The van der Waals surface area contributed by atoms with Crippen LogP contribution in [0.15, 0.2) is 18.2 Å². The van der Waals surface area contributed by atoms with Crippen LogP contribution in [0.5, 0.6) is 0 Å². The molecule has 113 valence electrons. The molecule has 22 heavy (non-hydrogen) atoms. The van der Waals surface area contributed by atoms with Gasteiger partial charge in [-0.1, -0.05) is 36.7 Å². The molecule has 1 aliphatic heterocycles. The summed E-state index contributed by atoms with van der Waals surface area (Å²) in [6.45, 7) is 10.1. The van der Waals surface area contributed by atoms with E-state index in [1.165, 1.54) is 18.3 Å². The molecule has 1 radical (unpaired) electrons. The Kier molecular flexibility index (Phi) is 3.61. The van der Waals surface area contributed by atoms with Crippen molar-refractivity contribution in [2.45, 2.75) is 45.5 Å². The Labute approximate surface area is 136 Å². The summed E-state index contributed by atoms with van der Waals surface area (Å²) < 4.78 is 7.29. The molecule has 2 heterocycles. The van der Waals surface area contributed by atoms with Crippen LogP contribution in [0.2, 0.25) is 5.31 Å². The van der Waals surface area contributed by atoms with Crippen LogP contribution in [-0.4, -0.2) is 30.5 Å². The molecule has 4 nitrogen and oxygen atoms in total. The highest BCUT2D eigenvalue weighted by Gasteiger charge is 2.50. The minimum Gasteiger partial charge on any atom is -0.435 e. The van der Waals surface area contributed by atoms with E-state index in [4.69, 9.17) is 4.65 Å². The monoisotopic (exact) mass is 313 g/mol. The van der Waals surface area contributed by atoms with E-state index in [1.807, 2.05) is 6.07 Å². The molecule has 1 saturated heterocycles. The summed E-state index contributed by atoms with van der Waals surface area (Å²) in [6, 6.07) is 6.15. The highest BCUT2D eigenvalue weighted by molar-refractivity contribution is 7.23. The first-order valence-corrected chi connectivity index (χ1v) is 8.21. The number of carbonyl (C=O) groups excluding carboxylic acids is 1. The fourth-order valence-corrected chi connectivity index (χ4v) is 3.53. The SMILES string of the molecule is CC(=O)Nc1nc2ccc(B3[B]C(C)(C)C(C)(C)O3)cc2s1. The second kappa shape index (κ2) is 5.10. The van der Waals surface area contributed by atoms with Gasteiger partial charge in [0.25, 0.3) is 6.81 Å². The number of aromatic nitrogens is 1. The third-order valence-corrected chi connectivity index (χ3v) is 5.50. The Morgan fingerprint density at radius 3 is 2.68 bits per heavy atom. The minimum absolute atomic E-state index is 0.0132. The van der Waals surface area contributed by atoms with Crippen molar-refractivity contribution in [2.24, 2.45) is 0 Å². The van der Waals surface area contributed by atoms with Crippen LogP contribution in [0.1, 0.15) is 34.6 Å². The van der Waals surface area contributed by atoms with Gasteiger partial charge >= 0.3 is 0 Å². The molecule has 1 N–H and O–H groups in total. The molecule has 1 aliphatic rings. The molecule has 2 aromatic rings. The highest BCUT2D eigenvalue weighted by atomic mass is 32.1. The molecule has 7 heteroatoms. The Morgan fingerprint density at radius 1 is 1.36 bits per heavy atom. The highest BCUT2D eigenvalue weighted by Crippen LogP contribution is 2.45. The van der Waals surface area contributed by atoms with Gasteiger partial charge in [-0.2, -0.15) is 0 Å². The first-order valence-electron chi connectivity index (χ1n) is 7.40. The number of hydrogen-bond donors (Lipinski definition) is 1. The lowest BCUT2D eigenvalue weighted by atomic mass is 9.23. The van der Waals surface area contributed by atoms with E-state index in [0.717, 1.165) is 15.7 Å². The number of anilines is 1. The maximum atomic E-state index is 11.1. The number of nitrogens with one attached hydrogen (secondary N) is 1. The van der Waals surface area contributed by atoms with Crippen molar-refractivity contribution in [3.8, 4) is 0 Å². The quantitative estimate of drug-likeness (QED) is 0.867. The van der Waals surface area contributed by atoms with Crippen LogP contribution < -0.4 is 10.8 Å². The van der Waals surface area contributed by atoms with E-state index in [-0.39, 0.29) is 23.6 Å². The van der Waals surface area contributed by atoms with Gasteiger partial charge in [0.2, 0.25) is 5.91 Å². The van der Waals surface area contributed by atoms with Crippen LogP contribution in [0, 0.1) is 0 Å². The van der Waals surface area contributed by atoms with E-state index in [9.17, 15) is 4.79 Å². The second-order valence-electron chi connectivity index (χ2n) is 6.86. The molecular weight excluding hydrogens is 294 g/mol. The summed E-state index contributed by atoms with van der Waals surface area (Å²) in [4.78, 5) is 15.6. The maximum Gasteiger partial charge on any atom is 0.280 e. The fraction of sp³-hybridized carbons (Fsp3) is 0.467. The van der Waals surface area contributed by atoms with E-state index in [2.05, 4.69) is 57.3 Å². The van der Waals surface area contributed by atoms with E-state index in [0.29, 0.717) is 5.13 Å². The molecule has 0 spiro atoms. The molecule has 0 unspecified atom stereocenters. The van der Waals surface area contributed by atoms with E-state index < -0.39 is 0 Å². The first-order chi connectivity index (χ1) is 10.2. The lowest BCUT2D eigenvalue weighted by molar-refractivity contribution is -0.114. The zero-order valence-corrected chi connectivity index (χ0v) is 14.4. The van der Waals surface area contributed by atoms with Crippen molar-refractivity contribution < 1.29 is 9.45 Å². The predicted octanol–water partition coefficient (Wildman–Crippen LogP) is 2.66. The lowest BCUT2D eigenvalue weighted by Gasteiger charge is -2.34. The first kappa shape index (κ1) is 15.6. The average Bonchev–Trinajstić information content (AvgIpc) is 2.85. The molecule has 1 fully saturated rings. The van der Waals surface area contributed by atoms with Gasteiger partial charge in [-0.3, -0.25) is 4.79 Å². The second-order valence-corrected chi connectivity index (χ2v) is 7.90. The molecule has 3 rings (SSSR count). The Hall–Kier alpha value is -1.33. The summed E-state index contributed by atoms with van der Waals surface area (Å²) in [5, 5.41) is 3.39. The van der Waals surface area contributed by atoms with Gasteiger partial charge in [0.15, 0.2) is 5.13 Å². The summed E-state index contributed by atoms with van der Waals surface area (Å²) in [7, 11) is 2.27. The van der Waals surface area contributed by atoms with Crippen LogP contribution in [-0.2, 0) is 9.45 Å². The summed E-state index contributed by atoms with van der Waals surface area (Å²) in [5.74, 6) is -0.102. The van der Waals surface area contributed by atoms with Crippen molar-refractivity contribution in [3.63, 3.8) is 0 Å². The molecule has 0 bridgehead atoms. The number of benzene rings is 1. The minimum atomic E-state index is -0.193. The van der Waals surface area contributed by atoms with Gasteiger partial charge in [0, 0.05) is 12.5 Å².